The van der Waals surface area contributed by atoms with Crippen molar-refractivity contribution in [1.82, 2.24) is 5.32 Å². The molecule has 0 unspecified atom stereocenters. The first kappa shape index (κ1) is 18.0. The second kappa shape index (κ2) is 7.79. The molecule has 1 amide bonds. The number of methoxy groups -OCH3 is 1. The number of benzene rings is 1. The molecule has 0 aliphatic carbocycles. The van der Waals surface area contributed by atoms with Crippen molar-refractivity contribution >= 4 is 11.9 Å². The third kappa shape index (κ3) is 4.46. The number of ether oxygens (including phenoxy) is 1. The van der Waals surface area contributed by atoms with Crippen LogP contribution >= 0.6 is 0 Å². The van der Waals surface area contributed by atoms with Crippen LogP contribution in [0.2, 0.25) is 0 Å². The maximum atomic E-state index is 12.1. The van der Waals surface area contributed by atoms with Crippen LogP contribution in [0.5, 0.6) is 5.75 Å². The van der Waals surface area contributed by atoms with E-state index in [9.17, 15) is 14.7 Å². The quantitative estimate of drug-likeness (QED) is 0.684. The molecule has 0 saturated heterocycles. The van der Waals surface area contributed by atoms with Gasteiger partial charge in [-0.05, 0) is 23.6 Å². The molecule has 22 heavy (non-hydrogen) atoms. The van der Waals surface area contributed by atoms with Gasteiger partial charge in [0.1, 0.15) is 11.8 Å². The third-order valence-corrected chi connectivity index (χ3v) is 3.69. The van der Waals surface area contributed by atoms with Gasteiger partial charge in [0.2, 0.25) is 5.91 Å². The maximum Gasteiger partial charge on any atom is 0.328 e. The highest BCUT2D eigenvalue weighted by molar-refractivity contribution is 5.88. The molecule has 6 nitrogen and oxygen atoms in total. The number of hydrogen-bond donors (Lipinski definition) is 3. The number of nitrogens with one attached hydrogen (secondary N) is 1. The van der Waals surface area contributed by atoms with Crippen LogP contribution in [-0.4, -0.2) is 36.2 Å². The maximum absolute atomic E-state index is 12.1. The van der Waals surface area contributed by atoms with Crippen LogP contribution in [0.15, 0.2) is 24.3 Å². The Hall–Kier alpha value is -2.08. The van der Waals surface area contributed by atoms with E-state index in [1.807, 2.05) is 13.8 Å². The number of aromatic hydroxyl groups is 1. The van der Waals surface area contributed by atoms with Crippen LogP contribution in [0, 0.1) is 5.92 Å². The van der Waals surface area contributed by atoms with E-state index < -0.39 is 24.0 Å². The Bertz CT molecular complexity index is 513. The van der Waals surface area contributed by atoms with Crippen molar-refractivity contribution in [3.63, 3.8) is 0 Å². The van der Waals surface area contributed by atoms with E-state index in [2.05, 4.69) is 5.32 Å². The zero-order chi connectivity index (χ0) is 16.9. The van der Waals surface area contributed by atoms with E-state index in [1.54, 1.807) is 19.1 Å². The fourth-order valence-electron chi connectivity index (χ4n) is 2.04. The van der Waals surface area contributed by atoms with Gasteiger partial charge in [0.15, 0.2) is 0 Å². The van der Waals surface area contributed by atoms with Gasteiger partial charge in [-0.15, -0.1) is 0 Å². The molecule has 3 atom stereocenters. The van der Waals surface area contributed by atoms with Gasteiger partial charge in [0, 0.05) is 5.92 Å². The lowest BCUT2D eigenvalue weighted by atomic mass is 9.92. The number of carbonyl (C=O) groups is 2. The SMILES string of the molecule is COC(=O)[C@H](NC(=O)[C@@H](N)C(C)C)[C@H](C)c1ccc(O)cc1. The first-order valence-electron chi connectivity index (χ1n) is 7.20. The van der Waals surface area contributed by atoms with Crippen LogP contribution in [-0.2, 0) is 14.3 Å². The largest absolute Gasteiger partial charge is 0.508 e. The van der Waals surface area contributed by atoms with E-state index in [-0.39, 0.29) is 17.6 Å². The zero-order valence-electron chi connectivity index (χ0n) is 13.4. The molecule has 1 aromatic carbocycles. The summed E-state index contributed by atoms with van der Waals surface area (Å²) >= 11 is 0. The molecule has 0 saturated carbocycles. The molecule has 0 aromatic heterocycles. The lowest BCUT2D eigenvalue weighted by Gasteiger charge is -2.25. The summed E-state index contributed by atoms with van der Waals surface area (Å²) in [7, 11) is 1.27. The number of nitrogens with two attached hydrogens (primary N) is 1. The summed E-state index contributed by atoms with van der Waals surface area (Å²) in [6, 6.07) is 4.92. The van der Waals surface area contributed by atoms with Crippen LogP contribution < -0.4 is 11.1 Å². The number of hydrogen-bond acceptors (Lipinski definition) is 5. The second-order valence-corrected chi connectivity index (χ2v) is 5.66. The second-order valence-electron chi connectivity index (χ2n) is 5.66. The normalized spacial score (nSPS) is 15.0. The van der Waals surface area contributed by atoms with E-state index in [4.69, 9.17) is 10.5 Å². The highest BCUT2D eigenvalue weighted by Crippen LogP contribution is 2.22. The molecule has 0 radical (unpaired) electrons. The summed E-state index contributed by atoms with van der Waals surface area (Å²) in [5.41, 5.74) is 6.61. The molecular weight excluding hydrogens is 284 g/mol. The molecule has 0 bridgehead atoms. The Balaban J connectivity index is 2.95. The molecule has 0 fully saturated rings. The van der Waals surface area contributed by atoms with Gasteiger partial charge in [-0.2, -0.15) is 0 Å². The van der Waals surface area contributed by atoms with Crippen LogP contribution in [0.4, 0.5) is 0 Å². The van der Waals surface area contributed by atoms with Crippen molar-refractivity contribution in [2.75, 3.05) is 7.11 Å². The van der Waals surface area contributed by atoms with Crippen molar-refractivity contribution in [3.8, 4) is 5.75 Å². The van der Waals surface area contributed by atoms with E-state index in [0.717, 1.165) is 5.56 Å². The Kier molecular flexibility index (Phi) is 6.37. The van der Waals surface area contributed by atoms with Crippen molar-refractivity contribution in [2.24, 2.45) is 11.7 Å². The fraction of sp³-hybridized carbons (Fsp3) is 0.500. The topological polar surface area (TPSA) is 102 Å². The summed E-state index contributed by atoms with van der Waals surface area (Å²) in [5, 5.41) is 12.0. The summed E-state index contributed by atoms with van der Waals surface area (Å²) < 4.78 is 4.78. The van der Waals surface area contributed by atoms with Gasteiger partial charge < -0.3 is 20.9 Å². The smallest absolute Gasteiger partial charge is 0.328 e. The Labute approximate surface area is 130 Å². The van der Waals surface area contributed by atoms with Crippen molar-refractivity contribution in [2.45, 2.75) is 38.8 Å². The number of phenolic OH excluding ortho intramolecular Hbond substituents is 1. The number of carbonyl (C=O) groups excluding carboxylic acids is 2. The summed E-state index contributed by atoms with van der Waals surface area (Å²) in [6.07, 6.45) is 0. The first-order valence-corrected chi connectivity index (χ1v) is 7.20. The van der Waals surface area contributed by atoms with E-state index in [0.29, 0.717) is 0 Å². The molecule has 4 N–H and O–H groups in total. The minimum Gasteiger partial charge on any atom is -0.508 e. The highest BCUT2D eigenvalue weighted by Gasteiger charge is 2.31. The van der Waals surface area contributed by atoms with Crippen molar-refractivity contribution in [1.29, 1.82) is 0 Å². The average molecular weight is 308 g/mol. The van der Waals surface area contributed by atoms with Gasteiger partial charge in [0.25, 0.3) is 0 Å². The predicted molar refractivity (Wildman–Crippen MR) is 83.3 cm³/mol. The Morgan fingerprint density at radius 2 is 1.73 bits per heavy atom. The molecule has 0 aliphatic rings. The lowest BCUT2D eigenvalue weighted by Crippen LogP contribution is -2.52. The molecule has 0 spiro atoms. The van der Waals surface area contributed by atoms with Crippen molar-refractivity contribution in [3.05, 3.63) is 29.8 Å². The Morgan fingerprint density at radius 3 is 2.18 bits per heavy atom. The minimum atomic E-state index is -0.841. The first-order chi connectivity index (χ1) is 10.3. The number of esters is 1. The van der Waals surface area contributed by atoms with Crippen LogP contribution in [0.25, 0.3) is 0 Å². The highest BCUT2D eigenvalue weighted by atomic mass is 16.5. The molecule has 1 aromatic rings. The summed E-state index contributed by atoms with van der Waals surface area (Å²) in [5.74, 6) is -1.16. The van der Waals surface area contributed by atoms with Gasteiger partial charge >= 0.3 is 5.97 Å². The van der Waals surface area contributed by atoms with E-state index in [1.165, 1.54) is 19.2 Å². The van der Waals surface area contributed by atoms with Gasteiger partial charge in [-0.3, -0.25) is 4.79 Å². The fourth-order valence-corrected chi connectivity index (χ4v) is 2.04. The number of amides is 1. The summed E-state index contributed by atoms with van der Waals surface area (Å²) in [4.78, 5) is 24.1. The standard InChI is InChI=1S/C16H24N2O4/c1-9(2)13(17)15(20)18-14(16(21)22-4)10(3)11-5-7-12(19)8-6-11/h5-10,13-14,19H,17H2,1-4H3,(H,18,20)/t10-,13+,14-/m1/s1. The van der Waals surface area contributed by atoms with Gasteiger partial charge in [0.05, 0.1) is 13.2 Å². The zero-order valence-corrected chi connectivity index (χ0v) is 13.4. The number of phenols is 1. The van der Waals surface area contributed by atoms with Gasteiger partial charge in [-0.1, -0.05) is 32.9 Å². The third-order valence-electron chi connectivity index (χ3n) is 3.69. The lowest BCUT2D eigenvalue weighted by molar-refractivity contribution is -0.146. The molecular formula is C16H24N2O4. The monoisotopic (exact) mass is 308 g/mol. The van der Waals surface area contributed by atoms with Crippen molar-refractivity contribution < 1.29 is 19.4 Å². The molecule has 6 heteroatoms. The molecule has 0 aliphatic heterocycles. The average Bonchev–Trinajstić information content (AvgIpc) is 2.50. The minimum absolute atomic E-state index is 0.0396. The van der Waals surface area contributed by atoms with E-state index >= 15 is 0 Å². The van der Waals surface area contributed by atoms with Crippen LogP contribution in [0.1, 0.15) is 32.3 Å². The summed E-state index contributed by atoms with van der Waals surface area (Å²) in [6.45, 7) is 5.47. The Morgan fingerprint density at radius 1 is 1.18 bits per heavy atom. The molecule has 0 heterocycles. The predicted octanol–water partition coefficient (Wildman–Crippen LogP) is 1.14. The van der Waals surface area contributed by atoms with Crippen LogP contribution in [0.3, 0.4) is 0 Å². The molecule has 1 rings (SSSR count). The van der Waals surface area contributed by atoms with Gasteiger partial charge in [-0.25, -0.2) is 4.79 Å². The molecule has 122 valence electrons. The number of rotatable bonds is 6.